The van der Waals surface area contributed by atoms with Gasteiger partial charge in [-0.1, -0.05) is 29.8 Å². The van der Waals surface area contributed by atoms with Crippen LogP contribution in [0.1, 0.15) is 24.8 Å². The molecule has 1 saturated heterocycles. The smallest absolute Gasteiger partial charge is 0.244 e. The third-order valence-corrected chi connectivity index (χ3v) is 5.94. The molecular weight excluding hydrogens is 410 g/mol. The van der Waals surface area contributed by atoms with Crippen LogP contribution < -0.4 is 5.32 Å². The second-order valence-corrected chi connectivity index (χ2v) is 8.16. The Hall–Kier alpha value is -3.05. The first-order chi connectivity index (χ1) is 15.0. The Balaban J connectivity index is 1.43. The fourth-order valence-corrected chi connectivity index (χ4v) is 4.28. The molecule has 31 heavy (non-hydrogen) atoms. The number of halogens is 1. The van der Waals surface area contributed by atoms with Crippen molar-refractivity contribution >= 4 is 40.4 Å². The van der Waals surface area contributed by atoms with E-state index in [9.17, 15) is 9.59 Å². The molecule has 1 radical (unpaired) electrons. The monoisotopic (exact) mass is 434 g/mol. The third kappa shape index (κ3) is 4.83. The SMILES string of the molecule is Cn1ccc2cc(-c3c(Cl)[c]ccc3/C=C/C(=O)NCCCN3CCCC3=O)ccc21. The summed E-state index contributed by atoms with van der Waals surface area (Å²) in [7, 11) is 2.01. The fraction of sp³-hybridized carbons (Fsp3) is 0.280. The van der Waals surface area contributed by atoms with Crippen molar-refractivity contribution in [3.05, 3.63) is 65.3 Å². The lowest BCUT2D eigenvalue weighted by Gasteiger charge is -2.14. The maximum Gasteiger partial charge on any atom is 0.244 e. The lowest BCUT2D eigenvalue weighted by atomic mass is 9.98. The van der Waals surface area contributed by atoms with Gasteiger partial charge in [0.2, 0.25) is 11.8 Å². The van der Waals surface area contributed by atoms with Gasteiger partial charge < -0.3 is 14.8 Å². The number of benzene rings is 2. The number of likely N-dealkylation sites (tertiary alicyclic amines) is 1. The van der Waals surface area contributed by atoms with Crippen LogP contribution in [0, 0.1) is 6.07 Å². The number of aromatic nitrogens is 1. The molecule has 159 valence electrons. The van der Waals surface area contributed by atoms with Gasteiger partial charge in [0.1, 0.15) is 0 Å². The van der Waals surface area contributed by atoms with Gasteiger partial charge >= 0.3 is 0 Å². The molecule has 1 aromatic heterocycles. The van der Waals surface area contributed by atoms with Crippen LogP contribution >= 0.6 is 11.6 Å². The predicted octanol–water partition coefficient (Wildman–Crippen LogP) is 4.44. The molecule has 1 aliphatic heterocycles. The van der Waals surface area contributed by atoms with Crippen molar-refractivity contribution in [2.75, 3.05) is 19.6 Å². The Morgan fingerprint density at radius 2 is 2.16 bits per heavy atom. The van der Waals surface area contributed by atoms with Gasteiger partial charge in [-0.15, -0.1) is 0 Å². The molecule has 1 fully saturated rings. The number of fused-ring (bicyclic) bond motifs is 1. The molecule has 0 unspecified atom stereocenters. The summed E-state index contributed by atoms with van der Waals surface area (Å²) in [6.07, 6.45) is 7.66. The van der Waals surface area contributed by atoms with Gasteiger partial charge in [0.05, 0.1) is 5.02 Å². The zero-order valence-electron chi connectivity index (χ0n) is 17.5. The second-order valence-electron chi connectivity index (χ2n) is 7.78. The standard InChI is InChI=1S/C25H25ClN3O2/c1-28-16-12-19-17-20(8-10-22(19)28)25-18(5-2-6-21(25)26)9-11-23(30)27-13-4-15-29-14-3-7-24(29)31/h2,5,8-12,16-17H,3-4,7,13-15H2,1H3,(H,27,30)/b11-9+. The van der Waals surface area contributed by atoms with E-state index in [1.165, 1.54) is 6.08 Å². The topological polar surface area (TPSA) is 54.3 Å². The number of carbonyl (C=O) groups excluding carboxylic acids is 2. The van der Waals surface area contributed by atoms with E-state index in [4.69, 9.17) is 11.6 Å². The van der Waals surface area contributed by atoms with E-state index in [0.717, 1.165) is 47.0 Å². The van der Waals surface area contributed by atoms with Crippen LogP contribution in [0.4, 0.5) is 0 Å². The minimum atomic E-state index is -0.166. The van der Waals surface area contributed by atoms with Crippen LogP contribution in [0.2, 0.25) is 5.02 Å². The van der Waals surface area contributed by atoms with Crippen molar-refractivity contribution in [1.29, 1.82) is 0 Å². The molecule has 1 N–H and O–H groups in total. The molecule has 0 bridgehead atoms. The molecular formula is C25H25ClN3O2. The summed E-state index contributed by atoms with van der Waals surface area (Å²) in [6, 6.07) is 15.0. The molecule has 0 saturated carbocycles. The number of hydrogen-bond acceptors (Lipinski definition) is 2. The molecule has 2 aromatic carbocycles. The van der Waals surface area contributed by atoms with Crippen LogP contribution in [0.5, 0.6) is 0 Å². The highest BCUT2D eigenvalue weighted by atomic mass is 35.5. The highest BCUT2D eigenvalue weighted by Gasteiger charge is 2.19. The van der Waals surface area contributed by atoms with Gasteiger partial charge in [-0.2, -0.15) is 0 Å². The van der Waals surface area contributed by atoms with E-state index in [1.807, 2.05) is 30.3 Å². The van der Waals surface area contributed by atoms with Gasteiger partial charge in [0.25, 0.3) is 0 Å². The average Bonchev–Trinajstić information content (AvgIpc) is 3.34. The van der Waals surface area contributed by atoms with Gasteiger partial charge in [-0.3, -0.25) is 9.59 Å². The number of aryl methyl sites for hydroxylation is 1. The largest absolute Gasteiger partial charge is 0.352 e. The third-order valence-electron chi connectivity index (χ3n) is 5.64. The van der Waals surface area contributed by atoms with E-state index in [1.54, 1.807) is 12.1 Å². The summed E-state index contributed by atoms with van der Waals surface area (Å²) in [6.45, 7) is 2.06. The molecule has 4 rings (SSSR count). The highest BCUT2D eigenvalue weighted by molar-refractivity contribution is 6.33. The summed E-state index contributed by atoms with van der Waals surface area (Å²) < 4.78 is 2.07. The number of carbonyl (C=O) groups is 2. The number of nitrogens with one attached hydrogen (secondary N) is 1. The van der Waals surface area contributed by atoms with Crippen LogP contribution in [-0.2, 0) is 16.6 Å². The Morgan fingerprint density at radius 3 is 2.97 bits per heavy atom. The van der Waals surface area contributed by atoms with E-state index in [2.05, 4.69) is 34.1 Å². The van der Waals surface area contributed by atoms with Gasteiger partial charge in [-0.05, 0) is 48.2 Å². The molecule has 6 heteroatoms. The number of amides is 2. The van der Waals surface area contributed by atoms with E-state index in [-0.39, 0.29) is 11.8 Å². The van der Waals surface area contributed by atoms with E-state index >= 15 is 0 Å². The molecule has 3 aromatic rings. The second kappa shape index (κ2) is 9.40. The predicted molar refractivity (Wildman–Crippen MR) is 125 cm³/mol. The molecule has 0 atom stereocenters. The number of nitrogens with zero attached hydrogens (tertiary/aromatic N) is 2. The zero-order valence-corrected chi connectivity index (χ0v) is 18.3. The molecule has 5 nitrogen and oxygen atoms in total. The van der Waals surface area contributed by atoms with Crippen molar-refractivity contribution in [2.24, 2.45) is 7.05 Å². The van der Waals surface area contributed by atoms with E-state index in [0.29, 0.717) is 24.5 Å². The van der Waals surface area contributed by atoms with Crippen LogP contribution in [-0.4, -0.2) is 40.9 Å². The summed E-state index contributed by atoms with van der Waals surface area (Å²) >= 11 is 6.48. The van der Waals surface area contributed by atoms with Gasteiger partial charge in [0.15, 0.2) is 0 Å². The van der Waals surface area contributed by atoms with Crippen molar-refractivity contribution in [3.63, 3.8) is 0 Å². The lowest BCUT2D eigenvalue weighted by Crippen LogP contribution is -2.29. The first-order valence-electron chi connectivity index (χ1n) is 10.5. The van der Waals surface area contributed by atoms with Crippen LogP contribution in [0.3, 0.4) is 0 Å². The molecule has 2 amide bonds. The quantitative estimate of drug-likeness (QED) is 0.441. The Morgan fingerprint density at radius 1 is 1.29 bits per heavy atom. The summed E-state index contributed by atoms with van der Waals surface area (Å²) in [4.78, 5) is 25.8. The minimum absolute atomic E-state index is 0.166. The molecule has 2 heterocycles. The molecule has 1 aliphatic rings. The number of rotatable bonds is 7. The maximum atomic E-state index is 12.3. The van der Waals surface area contributed by atoms with Gasteiger partial charge in [0, 0.05) is 67.9 Å². The van der Waals surface area contributed by atoms with Gasteiger partial charge in [-0.25, -0.2) is 0 Å². The fourth-order valence-electron chi connectivity index (χ4n) is 4.00. The van der Waals surface area contributed by atoms with Crippen molar-refractivity contribution in [3.8, 4) is 11.1 Å². The van der Waals surface area contributed by atoms with Crippen molar-refractivity contribution < 1.29 is 9.59 Å². The van der Waals surface area contributed by atoms with Crippen molar-refractivity contribution in [1.82, 2.24) is 14.8 Å². The first-order valence-corrected chi connectivity index (χ1v) is 10.9. The normalized spacial score (nSPS) is 14.1. The minimum Gasteiger partial charge on any atom is -0.352 e. The Bertz CT molecular complexity index is 1150. The summed E-state index contributed by atoms with van der Waals surface area (Å²) in [5.74, 6) is 0.0476. The maximum absolute atomic E-state index is 12.3. The molecule has 0 aliphatic carbocycles. The summed E-state index contributed by atoms with van der Waals surface area (Å²) in [5, 5.41) is 4.54. The molecule has 0 spiro atoms. The van der Waals surface area contributed by atoms with Crippen molar-refractivity contribution in [2.45, 2.75) is 19.3 Å². The number of hydrogen-bond donors (Lipinski definition) is 1. The zero-order chi connectivity index (χ0) is 21.8. The van der Waals surface area contributed by atoms with Crippen LogP contribution in [0.15, 0.2) is 48.7 Å². The lowest BCUT2D eigenvalue weighted by molar-refractivity contribution is -0.127. The highest BCUT2D eigenvalue weighted by Crippen LogP contribution is 2.34. The average molecular weight is 435 g/mol. The first kappa shape index (κ1) is 21.2. The Labute approximate surface area is 187 Å². The van der Waals surface area contributed by atoms with Crippen LogP contribution in [0.25, 0.3) is 28.1 Å². The Kier molecular flexibility index (Phi) is 6.42. The van der Waals surface area contributed by atoms with E-state index < -0.39 is 0 Å². The summed E-state index contributed by atoms with van der Waals surface area (Å²) in [5.41, 5.74) is 3.84.